The van der Waals surface area contributed by atoms with E-state index in [1.165, 1.54) is 25.4 Å². The second-order valence-electron chi connectivity index (χ2n) is 3.92. The molecule has 0 aliphatic heterocycles. The Balaban J connectivity index is 2.43. The minimum atomic E-state index is 0.259. The summed E-state index contributed by atoms with van der Waals surface area (Å²) in [6, 6.07) is 8.56. The number of hydrogen-bond donors (Lipinski definition) is 0. The van der Waals surface area contributed by atoms with Crippen molar-refractivity contribution in [2.45, 2.75) is 18.7 Å². The first kappa shape index (κ1) is 13.8. The van der Waals surface area contributed by atoms with Gasteiger partial charge in [0, 0.05) is 9.35 Å². The monoisotopic (exact) mass is 436 g/mol. The summed E-state index contributed by atoms with van der Waals surface area (Å²) in [6.45, 7) is 4.26. The van der Waals surface area contributed by atoms with Crippen LogP contribution in [-0.2, 0) is 0 Å². The van der Waals surface area contributed by atoms with Crippen molar-refractivity contribution in [2.75, 3.05) is 0 Å². The van der Waals surface area contributed by atoms with E-state index in [0.29, 0.717) is 0 Å². The molecular weight excluding hydrogens is 428 g/mol. The molecule has 1 aromatic heterocycles. The molecule has 0 aliphatic rings. The number of benzene rings is 1. The highest BCUT2D eigenvalue weighted by Gasteiger charge is 2.16. The maximum absolute atomic E-state index is 3.80. The lowest BCUT2D eigenvalue weighted by Gasteiger charge is -2.12. The highest BCUT2D eigenvalue weighted by molar-refractivity contribution is 9.11. The second kappa shape index (κ2) is 5.55. The van der Waals surface area contributed by atoms with Crippen LogP contribution < -0.4 is 0 Å². The van der Waals surface area contributed by atoms with Gasteiger partial charge in [-0.25, -0.2) is 0 Å². The maximum atomic E-state index is 3.80. The third-order valence-corrected chi connectivity index (χ3v) is 7.06. The van der Waals surface area contributed by atoms with Crippen LogP contribution in [0, 0.1) is 13.8 Å². The minimum absolute atomic E-state index is 0.259. The van der Waals surface area contributed by atoms with E-state index >= 15 is 0 Å². The zero-order valence-corrected chi connectivity index (χ0v) is 15.0. The van der Waals surface area contributed by atoms with Crippen molar-refractivity contribution in [3.05, 3.63) is 54.1 Å². The van der Waals surface area contributed by atoms with Gasteiger partial charge < -0.3 is 0 Å². The third kappa shape index (κ3) is 2.86. The lowest BCUT2D eigenvalue weighted by atomic mass is 10.0. The van der Waals surface area contributed by atoms with Crippen LogP contribution in [0.25, 0.3) is 0 Å². The smallest absolute Gasteiger partial charge is 0.0741 e. The summed E-state index contributed by atoms with van der Waals surface area (Å²) >= 11 is 12.7. The third-order valence-electron chi connectivity index (χ3n) is 2.71. The molecule has 4 heteroatoms. The first-order valence-electron chi connectivity index (χ1n) is 5.15. The lowest BCUT2D eigenvalue weighted by Crippen LogP contribution is -1.94. The van der Waals surface area contributed by atoms with Gasteiger partial charge in [-0.15, -0.1) is 11.3 Å². The Bertz CT molecular complexity index is 526. The van der Waals surface area contributed by atoms with E-state index in [1.807, 2.05) is 0 Å². The summed E-state index contributed by atoms with van der Waals surface area (Å²) < 4.78 is 2.37. The number of thiophene rings is 1. The molecule has 17 heavy (non-hydrogen) atoms. The van der Waals surface area contributed by atoms with E-state index in [9.17, 15) is 0 Å². The fourth-order valence-corrected chi connectivity index (χ4v) is 4.52. The Hall–Kier alpha value is 0.360. The topological polar surface area (TPSA) is 0 Å². The lowest BCUT2D eigenvalue weighted by molar-refractivity contribution is 1.17. The summed E-state index contributed by atoms with van der Waals surface area (Å²) in [6.07, 6.45) is 0. The molecule has 0 N–H and O–H groups in total. The Morgan fingerprint density at radius 2 is 1.88 bits per heavy atom. The van der Waals surface area contributed by atoms with Gasteiger partial charge in [0.15, 0.2) is 0 Å². The normalized spacial score (nSPS) is 12.8. The van der Waals surface area contributed by atoms with Crippen molar-refractivity contribution in [1.29, 1.82) is 0 Å². The average Bonchev–Trinajstić information content (AvgIpc) is 2.62. The van der Waals surface area contributed by atoms with Crippen molar-refractivity contribution >= 4 is 59.1 Å². The predicted molar refractivity (Wildman–Crippen MR) is 86.4 cm³/mol. The molecule has 0 spiro atoms. The molecule has 0 saturated carbocycles. The van der Waals surface area contributed by atoms with E-state index in [2.05, 4.69) is 85.9 Å². The zero-order valence-electron chi connectivity index (χ0n) is 9.43. The average molecular weight is 439 g/mol. The molecule has 90 valence electrons. The highest BCUT2D eigenvalue weighted by atomic mass is 79.9. The number of rotatable bonds is 2. The van der Waals surface area contributed by atoms with Gasteiger partial charge in [0.25, 0.3) is 0 Å². The van der Waals surface area contributed by atoms with Gasteiger partial charge in [0.2, 0.25) is 0 Å². The maximum Gasteiger partial charge on any atom is 0.0741 e. The van der Waals surface area contributed by atoms with Crippen molar-refractivity contribution in [3.63, 3.8) is 0 Å². The van der Waals surface area contributed by atoms with Crippen LogP contribution in [0.3, 0.4) is 0 Å². The van der Waals surface area contributed by atoms with Crippen LogP contribution in [0.5, 0.6) is 0 Å². The summed E-state index contributed by atoms with van der Waals surface area (Å²) in [5, 5.41) is 0. The number of halogens is 3. The summed E-state index contributed by atoms with van der Waals surface area (Å²) in [5.41, 5.74) is 3.90. The molecule has 0 saturated heterocycles. The predicted octanol–water partition coefficient (Wildman–Crippen LogP) is 6.37. The van der Waals surface area contributed by atoms with Gasteiger partial charge in [0.1, 0.15) is 0 Å². The largest absolute Gasteiger partial charge is 0.131 e. The van der Waals surface area contributed by atoms with Crippen LogP contribution in [0.4, 0.5) is 0 Å². The van der Waals surface area contributed by atoms with Crippen LogP contribution in [-0.4, -0.2) is 0 Å². The summed E-state index contributed by atoms with van der Waals surface area (Å²) in [7, 11) is 0. The van der Waals surface area contributed by atoms with E-state index in [0.717, 1.165) is 4.47 Å². The van der Waals surface area contributed by atoms with Crippen molar-refractivity contribution in [2.24, 2.45) is 0 Å². The molecule has 1 heterocycles. The molecule has 2 rings (SSSR count). The zero-order chi connectivity index (χ0) is 12.6. The van der Waals surface area contributed by atoms with Crippen LogP contribution >= 0.6 is 59.1 Å². The van der Waals surface area contributed by atoms with E-state index < -0.39 is 0 Å². The molecule has 0 bridgehead atoms. The van der Waals surface area contributed by atoms with Crippen molar-refractivity contribution in [1.82, 2.24) is 0 Å². The number of alkyl halides is 1. The first-order chi connectivity index (χ1) is 8.00. The SMILES string of the molecule is Cc1cc(C(Br)c2cccc(Br)c2C)sc1Br. The van der Waals surface area contributed by atoms with Gasteiger partial charge in [-0.1, -0.05) is 44.0 Å². The van der Waals surface area contributed by atoms with Crippen LogP contribution in [0.1, 0.15) is 26.4 Å². The molecule has 0 nitrogen and oxygen atoms in total. The fourth-order valence-electron chi connectivity index (χ4n) is 1.66. The second-order valence-corrected chi connectivity index (χ2v) is 8.09. The fraction of sp³-hybridized carbons (Fsp3) is 0.231. The first-order valence-corrected chi connectivity index (χ1v) is 8.47. The molecular formula is C13H11Br3S. The Labute approximate surface area is 131 Å². The Morgan fingerprint density at radius 3 is 2.47 bits per heavy atom. The van der Waals surface area contributed by atoms with E-state index in [-0.39, 0.29) is 4.83 Å². The standard InChI is InChI=1S/C13H11Br3S/c1-7-6-11(17-13(7)16)12(15)9-4-3-5-10(14)8(9)2/h3-6,12H,1-2H3. The molecule has 1 unspecified atom stereocenters. The van der Waals surface area contributed by atoms with Crippen LogP contribution in [0.15, 0.2) is 32.5 Å². The molecule has 0 radical (unpaired) electrons. The molecule has 1 atom stereocenters. The van der Waals surface area contributed by atoms with E-state index in [4.69, 9.17) is 0 Å². The van der Waals surface area contributed by atoms with Gasteiger partial charge in [0.05, 0.1) is 8.61 Å². The quantitative estimate of drug-likeness (QED) is 0.477. The Morgan fingerprint density at radius 1 is 1.18 bits per heavy atom. The van der Waals surface area contributed by atoms with Crippen molar-refractivity contribution in [3.8, 4) is 0 Å². The van der Waals surface area contributed by atoms with E-state index in [1.54, 1.807) is 11.3 Å². The molecule has 0 aliphatic carbocycles. The number of aryl methyl sites for hydroxylation is 1. The van der Waals surface area contributed by atoms with Crippen LogP contribution in [0.2, 0.25) is 0 Å². The summed E-state index contributed by atoms with van der Waals surface area (Å²) in [5.74, 6) is 0. The number of hydrogen-bond acceptors (Lipinski definition) is 1. The van der Waals surface area contributed by atoms with Gasteiger partial charge in [-0.2, -0.15) is 0 Å². The van der Waals surface area contributed by atoms with Crippen molar-refractivity contribution < 1.29 is 0 Å². The molecule has 2 aromatic rings. The molecule has 0 fully saturated rings. The minimum Gasteiger partial charge on any atom is -0.131 e. The summed E-state index contributed by atoms with van der Waals surface area (Å²) in [4.78, 5) is 1.59. The van der Waals surface area contributed by atoms with Gasteiger partial charge >= 0.3 is 0 Å². The Kier molecular flexibility index (Phi) is 4.50. The molecule has 0 amide bonds. The van der Waals surface area contributed by atoms with Gasteiger partial charge in [-0.3, -0.25) is 0 Å². The van der Waals surface area contributed by atoms with Gasteiger partial charge in [-0.05, 0) is 58.6 Å². The molecule has 1 aromatic carbocycles. The highest BCUT2D eigenvalue weighted by Crippen LogP contribution is 2.41.